The summed E-state index contributed by atoms with van der Waals surface area (Å²) in [6.07, 6.45) is -19.1. The van der Waals surface area contributed by atoms with Crippen molar-refractivity contribution in [1.29, 1.82) is 0 Å². The van der Waals surface area contributed by atoms with Gasteiger partial charge >= 0.3 is 35.8 Å². The van der Waals surface area contributed by atoms with Gasteiger partial charge in [-0.05, 0) is 43.7 Å². The highest BCUT2D eigenvalue weighted by molar-refractivity contribution is 5.69. The Bertz CT molecular complexity index is 1870. The number of benzene rings is 2. The Hall–Kier alpha value is -5.38. The Morgan fingerprint density at radius 1 is 0.508 bits per heavy atom. The molecule has 3 fully saturated rings. The van der Waals surface area contributed by atoms with Crippen LogP contribution < -0.4 is 9.47 Å². The Morgan fingerprint density at radius 2 is 0.921 bits per heavy atom. The molecule has 2 aromatic carbocycles. The van der Waals surface area contributed by atoms with E-state index in [0.717, 1.165) is 47.1 Å². The van der Waals surface area contributed by atoms with Gasteiger partial charge in [0.15, 0.2) is 55.3 Å². The zero-order chi connectivity index (χ0) is 46.0. The van der Waals surface area contributed by atoms with Crippen LogP contribution in [0.4, 0.5) is 0 Å². The Morgan fingerprint density at radius 3 is 1.37 bits per heavy atom. The first-order valence-electron chi connectivity index (χ1n) is 20.2. The molecule has 20 nitrogen and oxygen atoms in total. The molecule has 20 heteroatoms. The summed E-state index contributed by atoms with van der Waals surface area (Å²) in [6.45, 7) is 9.67. The SMILES string of the molecule is COc1ccc(O[C@H]2OC[C@@H](OCc3ccccc3)[C@H](O[C@@H]3O[C@@H](C)[C@H](OC(C)=O)[C@@H](OC(C)=O)[C@H]3OC(C)=O)[C@@H]2O[C@@H]2O[C@@H](C)[C@H](OC(C)=O)[C@@H](OC(C)=O)[C@H]2OC(C)=O)cc1. The van der Waals surface area contributed by atoms with Crippen molar-refractivity contribution in [3.63, 3.8) is 0 Å². The number of hydrogen-bond acceptors (Lipinski definition) is 20. The van der Waals surface area contributed by atoms with Gasteiger partial charge < -0.3 is 66.3 Å². The van der Waals surface area contributed by atoms with Crippen LogP contribution in [0.15, 0.2) is 54.6 Å². The summed E-state index contributed by atoms with van der Waals surface area (Å²) in [5.41, 5.74) is 0.768. The van der Waals surface area contributed by atoms with Crippen LogP contribution >= 0.6 is 0 Å². The van der Waals surface area contributed by atoms with Gasteiger partial charge in [-0.3, -0.25) is 28.8 Å². The average Bonchev–Trinajstić information content (AvgIpc) is 3.21. The molecule has 3 aliphatic heterocycles. The minimum absolute atomic E-state index is 0.0248. The molecule has 0 spiro atoms. The van der Waals surface area contributed by atoms with Crippen molar-refractivity contribution in [3.8, 4) is 11.5 Å². The van der Waals surface area contributed by atoms with E-state index in [9.17, 15) is 28.8 Å². The van der Waals surface area contributed by atoms with Crippen molar-refractivity contribution in [1.82, 2.24) is 0 Å². The van der Waals surface area contributed by atoms with Crippen molar-refractivity contribution in [2.24, 2.45) is 0 Å². The maximum atomic E-state index is 12.7. The molecule has 0 amide bonds. The number of esters is 6. The van der Waals surface area contributed by atoms with E-state index >= 15 is 0 Å². The summed E-state index contributed by atoms with van der Waals surface area (Å²) < 4.78 is 84.2. The smallest absolute Gasteiger partial charge is 0.303 e. The maximum absolute atomic E-state index is 12.7. The molecule has 3 heterocycles. The van der Waals surface area contributed by atoms with Crippen molar-refractivity contribution < 1.29 is 95.1 Å². The number of carbonyl (C=O) groups excluding carboxylic acids is 6. The fourth-order valence-corrected chi connectivity index (χ4v) is 7.33. The molecule has 5 rings (SSSR count). The first kappa shape index (κ1) is 48.6. The molecule has 63 heavy (non-hydrogen) atoms. The molecule has 0 aromatic heterocycles. The third-order valence-corrected chi connectivity index (χ3v) is 9.85. The maximum Gasteiger partial charge on any atom is 0.303 e. The van der Waals surface area contributed by atoms with Crippen molar-refractivity contribution in [2.75, 3.05) is 13.7 Å². The van der Waals surface area contributed by atoms with Gasteiger partial charge in [0.2, 0.25) is 6.29 Å². The van der Waals surface area contributed by atoms with E-state index in [2.05, 4.69) is 0 Å². The van der Waals surface area contributed by atoms with Gasteiger partial charge in [0.05, 0.1) is 32.5 Å². The van der Waals surface area contributed by atoms with Crippen molar-refractivity contribution in [2.45, 2.75) is 148 Å². The first-order valence-corrected chi connectivity index (χ1v) is 20.2. The quantitative estimate of drug-likeness (QED) is 0.174. The van der Waals surface area contributed by atoms with Crippen LogP contribution in [0.25, 0.3) is 0 Å². The number of methoxy groups -OCH3 is 1. The highest BCUT2D eigenvalue weighted by atomic mass is 16.8. The summed E-state index contributed by atoms with van der Waals surface area (Å²) in [5, 5.41) is 0. The van der Waals surface area contributed by atoms with E-state index in [0.29, 0.717) is 5.75 Å². The predicted molar refractivity (Wildman–Crippen MR) is 210 cm³/mol. The molecular weight excluding hydrogens is 836 g/mol. The normalized spacial score (nSPS) is 31.6. The summed E-state index contributed by atoms with van der Waals surface area (Å²) >= 11 is 0. The van der Waals surface area contributed by atoms with Crippen molar-refractivity contribution >= 4 is 35.8 Å². The van der Waals surface area contributed by atoms with Gasteiger partial charge in [0.1, 0.15) is 23.7 Å². The van der Waals surface area contributed by atoms with E-state index in [4.69, 9.17) is 66.3 Å². The molecule has 0 bridgehead atoms. The lowest BCUT2D eigenvalue weighted by molar-refractivity contribution is -0.375. The Kier molecular flexibility index (Phi) is 17.2. The first-order chi connectivity index (χ1) is 29.9. The summed E-state index contributed by atoms with van der Waals surface area (Å²) in [7, 11) is 1.50. The van der Waals surface area contributed by atoms with E-state index in [1.165, 1.54) is 21.0 Å². The second kappa shape index (κ2) is 22.3. The fraction of sp³-hybridized carbons (Fsp3) is 0.581. The molecule has 0 unspecified atom stereocenters. The monoisotopic (exact) mass is 890 g/mol. The number of carbonyl (C=O) groups is 6. The molecule has 0 saturated carbocycles. The summed E-state index contributed by atoms with van der Waals surface area (Å²) in [6, 6.07) is 15.7. The van der Waals surface area contributed by atoms with Gasteiger partial charge in [-0.1, -0.05) is 30.3 Å². The fourth-order valence-electron chi connectivity index (χ4n) is 7.33. The molecule has 0 N–H and O–H groups in total. The van der Waals surface area contributed by atoms with Gasteiger partial charge in [0, 0.05) is 41.5 Å². The molecule has 2 aromatic rings. The van der Waals surface area contributed by atoms with E-state index < -0.39 is 122 Å². The standard InChI is InChI=1S/C43H54O20/c1-21-33(55-23(3)44)36(57-25(5)46)39(59-27(7)48)42(53-21)62-35-32(51-19-29-13-11-10-12-14-29)20-52-41(61-31-17-15-30(50-9)16-18-31)38(35)63-43-40(60-28(8)49)37(58-26(6)47)34(22(2)54-43)56-24(4)45/h10-18,21-22,32-43H,19-20H2,1-9H3/t21-,22-,32+,33-,34-,35-,36+,37+,38-,39+,40+,41+,42-,43-/m0/s1. The van der Waals surface area contributed by atoms with Crippen LogP contribution in [0.5, 0.6) is 11.5 Å². The second-order valence-corrected chi connectivity index (χ2v) is 14.9. The highest BCUT2D eigenvalue weighted by Crippen LogP contribution is 2.37. The Balaban J connectivity index is 1.63. The van der Waals surface area contributed by atoms with E-state index in [-0.39, 0.29) is 19.0 Å². The predicted octanol–water partition coefficient (Wildman–Crippen LogP) is 2.87. The number of hydrogen-bond donors (Lipinski definition) is 0. The topological polar surface area (TPSA) is 232 Å². The third-order valence-electron chi connectivity index (χ3n) is 9.85. The van der Waals surface area contributed by atoms with Crippen molar-refractivity contribution in [3.05, 3.63) is 60.2 Å². The zero-order valence-electron chi connectivity index (χ0n) is 36.4. The largest absolute Gasteiger partial charge is 0.497 e. The highest BCUT2D eigenvalue weighted by Gasteiger charge is 2.57. The molecular formula is C43H54O20. The lowest BCUT2D eigenvalue weighted by atomic mass is 9.97. The van der Waals surface area contributed by atoms with E-state index in [1.807, 2.05) is 30.3 Å². The van der Waals surface area contributed by atoms with E-state index in [1.54, 1.807) is 24.3 Å². The molecule has 14 atom stereocenters. The van der Waals surface area contributed by atoms with Gasteiger partial charge in [-0.2, -0.15) is 0 Å². The summed E-state index contributed by atoms with van der Waals surface area (Å²) in [4.78, 5) is 74.9. The van der Waals surface area contributed by atoms with Crippen LogP contribution in [0, 0.1) is 0 Å². The molecule has 3 saturated heterocycles. The Labute approximate surface area is 363 Å². The number of ether oxygens (including phenoxy) is 14. The summed E-state index contributed by atoms with van der Waals surface area (Å²) in [5.74, 6) is -3.91. The molecule has 346 valence electrons. The minimum atomic E-state index is -1.62. The molecule has 0 radical (unpaired) electrons. The van der Waals surface area contributed by atoms with Crippen LogP contribution in [-0.2, 0) is 92.2 Å². The minimum Gasteiger partial charge on any atom is -0.497 e. The van der Waals surface area contributed by atoms with Crippen LogP contribution in [0.3, 0.4) is 0 Å². The molecule has 3 aliphatic rings. The zero-order valence-corrected chi connectivity index (χ0v) is 36.4. The van der Waals surface area contributed by atoms with Crippen LogP contribution in [-0.4, -0.2) is 136 Å². The molecule has 0 aliphatic carbocycles. The second-order valence-electron chi connectivity index (χ2n) is 14.9. The third kappa shape index (κ3) is 13.3. The van der Waals surface area contributed by atoms with Gasteiger partial charge in [0.25, 0.3) is 0 Å². The average molecular weight is 891 g/mol. The lowest BCUT2D eigenvalue weighted by Gasteiger charge is -2.49. The van der Waals surface area contributed by atoms with Gasteiger partial charge in [-0.25, -0.2) is 0 Å². The van der Waals surface area contributed by atoms with Crippen LogP contribution in [0.1, 0.15) is 61.0 Å². The number of rotatable bonds is 16. The van der Waals surface area contributed by atoms with Crippen LogP contribution in [0.2, 0.25) is 0 Å². The van der Waals surface area contributed by atoms with Gasteiger partial charge in [-0.15, -0.1) is 0 Å². The lowest BCUT2D eigenvalue weighted by Crippen LogP contribution is -2.67.